The molecule has 0 aromatic carbocycles. The Bertz CT molecular complexity index is 410. The van der Waals surface area contributed by atoms with Crippen molar-refractivity contribution < 1.29 is 4.79 Å². The molecule has 1 heterocycles. The molecule has 1 amide bonds. The fourth-order valence-corrected chi connectivity index (χ4v) is 2.20. The summed E-state index contributed by atoms with van der Waals surface area (Å²) in [5, 5.41) is 3.57. The van der Waals surface area contributed by atoms with E-state index in [1.54, 1.807) is 23.9 Å². The van der Waals surface area contributed by atoms with Crippen molar-refractivity contribution in [2.75, 3.05) is 20.6 Å². The summed E-state index contributed by atoms with van der Waals surface area (Å²) in [5.74, 6) is -0.105. The third kappa shape index (κ3) is 4.06. The van der Waals surface area contributed by atoms with E-state index in [4.69, 9.17) is 11.6 Å². The van der Waals surface area contributed by atoms with Gasteiger partial charge in [0.25, 0.3) is 5.91 Å². The molecule has 0 atom stereocenters. The van der Waals surface area contributed by atoms with Crippen molar-refractivity contribution in [2.45, 2.75) is 19.4 Å². The molecule has 0 unspecified atom stereocenters. The van der Waals surface area contributed by atoms with Crippen molar-refractivity contribution in [3.63, 3.8) is 0 Å². The number of carbonyl (C=O) groups excluding carboxylic acids is 1. The zero-order chi connectivity index (χ0) is 13.2. The van der Waals surface area contributed by atoms with Gasteiger partial charge in [0.05, 0.1) is 5.02 Å². The number of aromatic nitrogens is 1. The van der Waals surface area contributed by atoms with E-state index >= 15 is 0 Å². The fraction of sp³-hybridized carbons (Fsp3) is 0.583. The van der Waals surface area contributed by atoms with Gasteiger partial charge in [0, 0.05) is 25.3 Å². The Morgan fingerprint density at radius 1 is 1.53 bits per heavy atom. The summed E-state index contributed by atoms with van der Waals surface area (Å²) in [4.78, 5) is 14.1. The zero-order valence-electron chi connectivity index (χ0n) is 11.0. The largest absolute Gasteiger partial charge is 0.345 e. The molecule has 0 aliphatic carbocycles. The van der Waals surface area contributed by atoms with E-state index in [0.717, 1.165) is 6.54 Å². The summed E-state index contributed by atoms with van der Waals surface area (Å²) in [6.07, 6.45) is 1.72. The lowest BCUT2D eigenvalue weighted by Crippen LogP contribution is -2.50. The topological polar surface area (TPSA) is 37.3 Å². The van der Waals surface area contributed by atoms with Crippen molar-refractivity contribution in [3.05, 3.63) is 23.0 Å². The van der Waals surface area contributed by atoms with Gasteiger partial charge in [-0.3, -0.25) is 4.79 Å². The van der Waals surface area contributed by atoms with Gasteiger partial charge in [-0.2, -0.15) is 0 Å². The first-order valence-electron chi connectivity index (χ1n) is 5.50. The molecule has 17 heavy (non-hydrogen) atoms. The lowest BCUT2D eigenvalue weighted by atomic mass is 10.1. The number of aryl methyl sites for hydroxylation is 1. The summed E-state index contributed by atoms with van der Waals surface area (Å²) in [5.41, 5.74) is 0.291. The van der Waals surface area contributed by atoms with Crippen LogP contribution in [-0.4, -0.2) is 41.6 Å². The van der Waals surface area contributed by atoms with Crippen LogP contribution in [0.5, 0.6) is 0 Å². The summed E-state index contributed by atoms with van der Waals surface area (Å²) in [7, 11) is 5.76. The molecule has 1 aromatic heterocycles. The van der Waals surface area contributed by atoms with E-state index in [1.165, 1.54) is 0 Å². The number of amides is 1. The van der Waals surface area contributed by atoms with Crippen molar-refractivity contribution in [3.8, 4) is 0 Å². The van der Waals surface area contributed by atoms with Crippen molar-refractivity contribution in [1.29, 1.82) is 0 Å². The second kappa shape index (κ2) is 5.10. The molecule has 0 saturated carbocycles. The number of carbonyl (C=O) groups is 1. The summed E-state index contributed by atoms with van der Waals surface area (Å²) < 4.78 is 1.73. The van der Waals surface area contributed by atoms with E-state index in [0.29, 0.717) is 10.7 Å². The second-order valence-electron chi connectivity index (χ2n) is 5.23. The monoisotopic (exact) mass is 257 g/mol. The minimum Gasteiger partial charge on any atom is -0.345 e. The van der Waals surface area contributed by atoms with Crippen LogP contribution < -0.4 is 5.32 Å². The minimum atomic E-state index is -0.280. The highest BCUT2D eigenvalue weighted by atomic mass is 35.5. The maximum atomic E-state index is 12.1. The molecule has 1 aromatic rings. The lowest BCUT2D eigenvalue weighted by Gasteiger charge is -2.29. The van der Waals surface area contributed by atoms with Gasteiger partial charge in [0.15, 0.2) is 0 Å². The number of nitrogens with one attached hydrogen (secondary N) is 1. The molecule has 0 saturated heterocycles. The Kier molecular flexibility index (Phi) is 4.22. The van der Waals surface area contributed by atoms with Crippen LogP contribution in [0.2, 0.25) is 5.02 Å². The quantitative estimate of drug-likeness (QED) is 0.892. The number of hydrogen-bond donors (Lipinski definition) is 1. The average molecular weight is 258 g/mol. The number of halogens is 1. The molecule has 0 aliphatic heterocycles. The van der Waals surface area contributed by atoms with E-state index < -0.39 is 0 Å². The molecule has 1 rings (SSSR count). The van der Waals surface area contributed by atoms with Crippen LogP contribution >= 0.6 is 11.6 Å². The Balaban J connectivity index is 2.75. The Morgan fingerprint density at radius 3 is 2.53 bits per heavy atom. The van der Waals surface area contributed by atoms with Crippen molar-refractivity contribution >= 4 is 17.5 Å². The van der Waals surface area contributed by atoms with Gasteiger partial charge in [-0.15, -0.1) is 0 Å². The van der Waals surface area contributed by atoms with Crippen LogP contribution in [0.4, 0.5) is 0 Å². The minimum absolute atomic E-state index is 0.105. The van der Waals surface area contributed by atoms with E-state index in [2.05, 4.69) is 5.32 Å². The molecule has 96 valence electrons. The predicted molar refractivity (Wildman–Crippen MR) is 70.5 cm³/mol. The van der Waals surface area contributed by atoms with Crippen LogP contribution in [-0.2, 0) is 7.05 Å². The summed E-state index contributed by atoms with van der Waals surface area (Å²) >= 11 is 5.86. The third-order valence-electron chi connectivity index (χ3n) is 2.37. The highest BCUT2D eigenvalue weighted by Gasteiger charge is 2.23. The normalized spacial score (nSPS) is 11.9. The van der Waals surface area contributed by atoms with Crippen molar-refractivity contribution in [1.82, 2.24) is 14.8 Å². The Morgan fingerprint density at radius 2 is 2.12 bits per heavy atom. The lowest BCUT2D eigenvalue weighted by molar-refractivity contribution is 0.0891. The average Bonchev–Trinajstić information content (AvgIpc) is 2.41. The summed E-state index contributed by atoms with van der Waals surface area (Å²) in [6, 6.07) is 1.67. The maximum Gasteiger partial charge on any atom is 0.268 e. The van der Waals surface area contributed by atoms with E-state index in [9.17, 15) is 4.79 Å². The molecule has 0 spiro atoms. The fourth-order valence-electron chi connectivity index (χ4n) is 1.95. The predicted octanol–water partition coefficient (Wildman–Crippen LogP) is 1.75. The first kappa shape index (κ1) is 14.1. The number of nitrogens with zero attached hydrogens (tertiary/aromatic N) is 2. The molecule has 0 bridgehead atoms. The number of hydrogen-bond acceptors (Lipinski definition) is 2. The van der Waals surface area contributed by atoms with E-state index in [-0.39, 0.29) is 11.4 Å². The summed E-state index contributed by atoms with van der Waals surface area (Å²) in [6.45, 7) is 4.77. The molecular formula is C12H20ClN3O. The molecule has 1 N–H and O–H groups in total. The molecule has 0 aliphatic rings. The first-order valence-corrected chi connectivity index (χ1v) is 5.88. The Hall–Kier alpha value is -1.00. The van der Waals surface area contributed by atoms with Crippen LogP contribution in [0.1, 0.15) is 24.3 Å². The van der Waals surface area contributed by atoms with Gasteiger partial charge in [-0.25, -0.2) is 0 Å². The van der Waals surface area contributed by atoms with Crippen LogP contribution in [0.25, 0.3) is 0 Å². The number of likely N-dealkylation sites (N-methyl/N-ethyl adjacent to an activating group) is 1. The SMILES string of the molecule is CN(C)CC(C)(C)NC(=O)c1cc(Cl)cn1C. The van der Waals surface area contributed by atoms with Crippen molar-refractivity contribution in [2.24, 2.45) is 7.05 Å². The third-order valence-corrected chi connectivity index (χ3v) is 2.57. The van der Waals surface area contributed by atoms with Gasteiger partial charge < -0.3 is 14.8 Å². The highest BCUT2D eigenvalue weighted by Crippen LogP contribution is 2.14. The molecule has 0 radical (unpaired) electrons. The second-order valence-corrected chi connectivity index (χ2v) is 5.67. The first-order chi connectivity index (χ1) is 7.71. The molecular weight excluding hydrogens is 238 g/mol. The smallest absolute Gasteiger partial charge is 0.268 e. The molecule has 4 nitrogen and oxygen atoms in total. The van der Waals surface area contributed by atoms with Gasteiger partial charge in [0.2, 0.25) is 0 Å². The Labute approximate surface area is 108 Å². The van der Waals surface area contributed by atoms with Crippen LogP contribution in [0.3, 0.4) is 0 Å². The highest BCUT2D eigenvalue weighted by molar-refractivity contribution is 6.31. The van der Waals surface area contributed by atoms with Gasteiger partial charge in [-0.1, -0.05) is 11.6 Å². The number of rotatable bonds is 4. The standard InChI is InChI=1S/C12H20ClN3O/c1-12(2,8-15(3)4)14-11(17)10-6-9(13)7-16(10)5/h6-7H,8H2,1-5H3,(H,14,17). The van der Waals surface area contributed by atoms with Gasteiger partial charge in [0.1, 0.15) is 5.69 Å². The maximum absolute atomic E-state index is 12.1. The van der Waals surface area contributed by atoms with Gasteiger partial charge in [-0.05, 0) is 34.0 Å². The van der Waals surface area contributed by atoms with Crippen LogP contribution in [0.15, 0.2) is 12.3 Å². The molecule has 0 fully saturated rings. The van der Waals surface area contributed by atoms with Gasteiger partial charge >= 0.3 is 0 Å². The van der Waals surface area contributed by atoms with E-state index in [1.807, 2.05) is 32.8 Å². The zero-order valence-corrected chi connectivity index (χ0v) is 11.8. The molecule has 5 heteroatoms. The van der Waals surface area contributed by atoms with Crippen LogP contribution in [0, 0.1) is 0 Å².